The van der Waals surface area contributed by atoms with Gasteiger partial charge >= 0.3 is 0 Å². The summed E-state index contributed by atoms with van der Waals surface area (Å²) in [6.45, 7) is 5.26. The molecule has 0 atom stereocenters. The van der Waals surface area contributed by atoms with Crippen LogP contribution in [0.25, 0.3) is 0 Å². The second-order valence-corrected chi connectivity index (χ2v) is 7.64. The number of amides is 1. The van der Waals surface area contributed by atoms with Crippen LogP contribution >= 0.6 is 27.5 Å². The monoisotopic (exact) mass is 465 g/mol. The number of nitrogens with zero attached hydrogens (tertiary/aromatic N) is 3. The van der Waals surface area contributed by atoms with Gasteiger partial charge in [0.15, 0.2) is 5.76 Å². The zero-order valence-electron chi connectivity index (χ0n) is 15.9. The van der Waals surface area contributed by atoms with E-state index in [1.807, 2.05) is 36.9 Å². The number of carbonyl (C=O) groups excluding carboxylic acids is 1. The maximum absolute atomic E-state index is 12.7. The number of furan rings is 1. The van der Waals surface area contributed by atoms with Crippen LogP contribution in [-0.2, 0) is 19.7 Å². The van der Waals surface area contributed by atoms with Crippen molar-refractivity contribution in [3.05, 3.63) is 68.8 Å². The van der Waals surface area contributed by atoms with Crippen molar-refractivity contribution in [2.24, 2.45) is 0 Å². The molecule has 0 aliphatic heterocycles. The van der Waals surface area contributed by atoms with Crippen molar-refractivity contribution >= 4 is 33.4 Å². The van der Waals surface area contributed by atoms with Crippen LogP contribution in [0.15, 0.2) is 45.4 Å². The van der Waals surface area contributed by atoms with Gasteiger partial charge in [0, 0.05) is 19.8 Å². The molecule has 28 heavy (non-hydrogen) atoms. The summed E-state index contributed by atoms with van der Waals surface area (Å²) in [7, 11) is 1.71. The summed E-state index contributed by atoms with van der Waals surface area (Å²) in [4.78, 5) is 14.2. The predicted octanol–water partition coefficient (Wildman–Crippen LogP) is 5.07. The molecule has 0 fully saturated rings. The fraction of sp³-hybridized carbons (Fsp3) is 0.300. The van der Waals surface area contributed by atoms with E-state index in [0.29, 0.717) is 23.1 Å². The third-order valence-corrected chi connectivity index (χ3v) is 5.20. The Balaban J connectivity index is 1.64. The van der Waals surface area contributed by atoms with E-state index in [-0.39, 0.29) is 18.3 Å². The zero-order chi connectivity index (χ0) is 20.3. The van der Waals surface area contributed by atoms with Gasteiger partial charge in [-0.15, -0.1) is 0 Å². The highest BCUT2D eigenvalue weighted by atomic mass is 79.9. The van der Waals surface area contributed by atoms with Gasteiger partial charge in [0.2, 0.25) is 0 Å². The Morgan fingerprint density at radius 3 is 2.82 bits per heavy atom. The van der Waals surface area contributed by atoms with E-state index >= 15 is 0 Å². The average Bonchev–Trinajstić information content (AvgIpc) is 3.27. The number of hydrogen-bond acceptors (Lipinski definition) is 4. The molecule has 2 aromatic heterocycles. The normalized spacial score (nSPS) is 10.9. The standard InChI is InChI=1S/C20H21BrClN3O3/c1-4-25-10-15(21)17(23-25)11-24(3)20(26)18-9-8-14(28-18)12-27-19-13(2)6-5-7-16(19)22/h5-10H,4,11-12H2,1-3H3. The zero-order valence-corrected chi connectivity index (χ0v) is 18.2. The minimum atomic E-state index is -0.224. The number of hydrogen-bond donors (Lipinski definition) is 0. The van der Waals surface area contributed by atoms with E-state index in [2.05, 4.69) is 21.0 Å². The van der Waals surface area contributed by atoms with Gasteiger partial charge in [0.25, 0.3) is 5.91 Å². The molecule has 0 saturated carbocycles. The summed E-state index contributed by atoms with van der Waals surface area (Å²) < 4.78 is 14.1. The summed E-state index contributed by atoms with van der Waals surface area (Å²) >= 11 is 9.65. The summed E-state index contributed by atoms with van der Waals surface area (Å²) in [5, 5.41) is 4.98. The molecule has 0 aliphatic rings. The molecule has 0 unspecified atom stereocenters. The first-order valence-electron chi connectivity index (χ1n) is 8.83. The maximum Gasteiger partial charge on any atom is 0.289 e. The number of benzene rings is 1. The molecular weight excluding hydrogens is 446 g/mol. The number of rotatable bonds is 7. The van der Waals surface area contributed by atoms with Crippen LogP contribution in [0.5, 0.6) is 5.75 Å². The van der Waals surface area contributed by atoms with Crippen molar-refractivity contribution < 1.29 is 13.9 Å². The Labute approximate surface area is 177 Å². The van der Waals surface area contributed by atoms with Crippen molar-refractivity contribution in [3.8, 4) is 5.75 Å². The van der Waals surface area contributed by atoms with Crippen molar-refractivity contribution in [2.45, 2.75) is 33.5 Å². The highest BCUT2D eigenvalue weighted by molar-refractivity contribution is 9.10. The van der Waals surface area contributed by atoms with Crippen LogP contribution in [-0.4, -0.2) is 27.6 Å². The average molecular weight is 467 g/mol. The largest absolute Gasteiger partial charge is 0.484 e. The Morgan fingerprint density at radius 1 is 1.36 bits per heavy atom. The molecule has 0 aliphatic carbocycles. The minimum absolute atomic E-state index is 0.189. The molecule has 0 radical (unpaired) electrons. The van der Waals surface area contributed by atoms with Crippen molar-refractivity contribution in [1.82, 2.24) is 14.7 Å². The van der Waals surface area contributed by atoms with Crippen LogP contribution in [0.4, 0.5) is 0 Å². The Kier molecular flexibility index (Phi) is 6.46. The van der Waals surface area contributed by atoms with Crippen molar-refractivity contribution in [3.63, 3.8) is 0 Å². The van der Waals surface area contributed by atoms with Gasteiger partial charge in [-0.05, 0) is 53.5 Å². The molecule has 148 valence electrons. The number of para-hydroxylation sites is 1. The predicted molar refractivity (Wildman–Crippen MR) is 111 cm³/mol. The lowest BCUT2D eigenvalue weighted by Crippen LogP contribution is -2.26. The summed E-state index contributed by atoms with van der Waals surface area (Å²) in [5.41, 5.74) is 1.73. The maximum atomic E-state index is 12.7. The number of aryl methyl sites for hydroxylation is 2. The fourth-order valence-electron chi connectivity index (χ4n) is 2.70. The van der Waals surface area contributed by atoms with E-state index in [1.54, 1.807) is 30.1 Å². The van der Waals surface area contributed by atoms with Crippen molar-refractivity contribution in [2.75, 3.05) is 7.05 Å². The quantitative estimate of drug-likeness (QED) is 0.488. The Morgan fingerprint density at radius 2 is 2.14 bits per heavy atom. The second kappa shape index (κ2) is 8.84. The minimum Gasteiger partial charge on any atom is -0.484 e. The molecule has 0 saturated heterocycles. The number of ether oxygens (including phenoxy) is 1. The fourth-order valence-corrected chi connectivity index (χ4v) is 3.42. The molecule has 0 N–H and O–H groups in total. The van der Waals surface area contributed by atoms with E-state index < -0.39 is 0 Å². The first kappa shape index (κ1) is 20.5. The topological polar surface area (TPSA) is 60.5 Å². The lowest BCUT2D eigenvalue weighted by molar-refractivity contribution is 0.0747. The van der Waals surface area contributed by atoms with Gasteiger partial charge in [-0.3, -0.25) is 9.48 Å². The second-order valence-electron chi connectivity index (χ2n) is 6.38. The summed E-state index contributed by atoms with van der Waals surface area (Å²) in [6.07, 6.45) is 1.90. The van der Waals surface area contributed by atoms with Gasteiger partial charge in [0.1, 0.15) is 18.1 Å². The van der Waals surface area contributed by atoms with Crippen LogP contribution in [0.3, 0.4) is 0 Å². The van der Waals surface area contributed by atoms with Gasteiger partial charge in [-0.2, -0.15) is 5.10 Å². The first-order valence-corrected chi connectivity index (χ1v) is 10.00. The van der Waals surface area contributed by atoms with Gasteiger partial charge in [0.05, 0.1) is 21.7 Å². The summed E-state index contributed by atoms with van der Waals surface area (Å²) in [6, 6.07) is 8.94. The Bertz CT molecular complexity index is 963. The number of halogens is 2. The molecule has 0 bridgehead atoms. The molecule has 3 rings (SSSR count). The highest BCUT2D eigenvalue weighted by Gasteiger charge is 2.19. The smallest absolute Gasteiger partial charge is 0.289 e. The summed E-state index contributed by atoms with van der Waals surface area (Å²) in [5.74, 6) is 1.19. The lowest BCUT2D eigenvalue weighted by atomic mass is 10.2. The van der Waals surface area contributed by atoms with E-state index in [1.165, 1.54) is 0 Å². The molecule has 1 amide bonds. The molecule has 3 aromatic rings. The van der Waals surface area contributed by atoms with E-state index in [0.717, 1.165) is 22.3 Å². The van der Waals surface area contributed by atoms with E-state index in [9.17, 15) is 4.79 Å². The van der Waals surface area contributed by atoms with Gasteiger partial charge < -0.3 is 14.1 Å². The van der Waals surface area contributed by atoms with Crippen LogP contribution < -0.4 is 4.74 Å². The van der Waals surface area contributed by atoms with Crippen molar-refractivity contribution in [1.29, 1.82) is 0 Å². The number of carbonyl (C=O) groups is 1. The lowest BCUT2D eigenvalue weighted by Gasteiger charge is -2.14. The number of aromatic nitrogens is 2. The molecule has 2 heterocycles. The van der Waals surface area contributed by atoms with Gasteiger partial charge in [-0.1, -0.05) is 23.7 Å². The molecule has 8 heteroatoms. The Hall–Kier alpha value is -2.25. The third kappa shape index (κ3) is 4.59. The SMILES string of the molecule is CCn1cc(Br)c(CN(C)C(=O)c2ccc(COc3c(C)cccc3Cl)o2)n1. The highest BCUT2D eigenvalue weighted by Crippen LogP contribution is 2.29. The first-order chi connectivity index (χ1) is 13.4. The van der Waals surface area contributed by atoms with Gasteiger partial charge in [-0.25, -0.2) is 0 Å². The van der Waals surface area contributed by atoms with E-state index in [4.69, 9.17) is 20.8 Å². The molecule has 1 aromatic carbocycles. The van der Waals surface area contributed by atoms with Crippen LogP contribution in [0.1, 0.15) is 34.5 Å². The van der Waals surface area contributed by atoms with Crippen LogP contribution in [0.2, 0.25) is 5.02 Å². The van der Waals surface area contributed by atoms with Crippen LogP contribution in [0, 0.1) is 6.92 Å². The molecular formula is C20H21BrClN3O3. The molecule has 6 nitrogen and oxygen atoms in total. The molecule has 0 spiro atoms. The third-order valence-electron chi connectivity index (χ3n) is 4.24.